The zero-order chi connectivity index (χ0) is 25.7. The van der Waals surface area contributed by atoms with Crippen LogP contribution < -0.4 is 44.9 Å². The van der Waals surface area contributed by atoms with E-state index in [2.05, 4.69) is 36.4 Å². The van der Waals surface area contributed by atoms with Crippen LogP contribution in [0.2, 0.25) is 0 Å². The van der Waals surface area contributed by atoms with Gasteiger partial charge in [-0.2, -0.15) is 0 Å². The van der Waals surface area contributed by atoms with Gasteiger partial charge in [-0.3, -0.25) is 19.2 Å². The molecule has 0 bridgehead atoms. The van der Waals surface area contributed by atoms with Crippen LogP contribution >= 0.6 is 0 Å². The number of nitrogens with one attached hydrogen (secondary N) is 5. The van der Waals surface area contributed by atoms with Gasteiger partial charge in [-0.1, -0.05) is 0 Å². The fourth-order valence-electron chi connectivity index (χ4n) is 1.18. The number of hydroxylamine groups is 3. The minimum atomic E-state index is -0.0833. The first kappa shape index (κ1) is 54.4. The van der Waals surface area contributed by atoms with Crippen LogP contribution in [0.4, 0.5) is 0 Å². The van der Waals surface area contributed by atoms with Crippen LogP contribution in [-0.4, -0.2) is 134 Å². The maximum Gasteiger partial charge on any atom is 2.00 e. The largest absolute Gasteiger partial charge is 2.00 e. The first-order valence-electron chi connectivity index (χ1n) is 9.78. The van der Waals surface area contributed by atoms with Crippen LogP contribution in [0.3, 0.4) is 0 Å². The summed E-state index contributed by atoms with van der Waals surface area (Å²) in [5.41, 5.74) is 7.77. The number of likely N-dealkylation sites (N-methyl/N-ethyl adjacent to an activating group) is 5. The average molecular weight is 530 g/mol. The van der Waals surface area contributed by atoms with Crippen molar-refractivity contribution in [3.63, 3.8) is 0 Å². The van der Waals surface area contributed by atoms with Crippen LogP contribution in [0.15, 0.2) is 0 Å². The minimum absolute atomic E-state index is 0. The topological polar surface area (TPSA) is 159 Å². The summed E-state index contributed by atoms with van der Waals surface area (Å²) in [7, 11) is 13.4. The van der Waals surface area contributed by atoms with E-state index in [-0.39, 0.29) is 66.4 Å². The van der Waals surface area contributed by atoms with E-state index in [1.165, 1.54) is 12.2 Å². The molecule has 34 heavy (non-hydrogen) atoms. The summed E-state index contributed by atoms with van der Waals surface area (Å²) in [5.74, 6) is 0.273. The summed E-state index contributed by atoms with van der Waals surface area (Å²) in [6, 6.07) is 0.287. The van der Waals surface area contributed by atoms with Gasteiger partial charge >= 0.3 is 23.1 Å². The Hall–Kier alpha value is -0.454. The third-order valence-corrected chi connectivity index (χ3v) is 2.53. The molecule has 0 rings (SSSR count). The van der Waals surface area contributed by atoms with Gasteiger partial charge < -0.3 is 51.7 Å². The van der Waals surface area contributed by atoms with Gasteiger partial charge in [0.05, 0.1) is 33.9 Å². The van der Waals surface area contributed by atoms with Crippen molar-refractivity contribution in [2.75, 3.05) is 82.7 Å². The molecule has 1 amide bonds. The van der Waals surface area contributed by atoms with E-state index in [4.69, 9.17) is 5.73 Å². The molecule has 0 radical (unpaired) electrons. The first-order chi connectivity index (χ1) is 14.4. The quantitative estimate of drug-likeness (QED) is 0.0915. The molecule has 0 saturated heterocycles. The Morgan fingerprint density at radius 2 is 1.18 bits per heavy atom. The number of ketones is 2. The fraction of sp³-hybridized carbons (Fsp3) is 0.800. The monoisotopic (exact) mass is 529 g/mol. The van der Waals surface area contributed by atoms with Crippen LogP contribution in [-0.2, 0) is 24.1 Å². The molecular formula is C20H52ClMgN7O5. The molecule has 0 fully saturated rings. The number of carbonyl (C=O) groups excluding carboxylic acids is 3. The molecule has 0 spiro atoms. The first-order valence-corrected chi connectivity index (χ1v) is 9.78. The summed E-state index contributed by atoms with van der Waals surface area (Å²) >= 11 is 0. The van der Waals surface area contributed by atoms with Gasteiger partial charge in [0.2, 0.25) is 0 Å². The summed E-state index contributed by atoms with van der Waals surface area (Å²) in [6.07, 6.45) is 0. The Morgan fingerprint density at radius 1 is 0.853 bits per heavy atom. The third kappa shape index (κ3) is 85.6. The van der Waals surface area contributed by atoms with Gasteiger partial charge in [0.15, 0.2) is 0 Å². The Labute approximate surface area is 231 Å². The van der Waals surface area contributed by atoms with E-state index in [1.54, 1.807) is 56.2 Å². The number of amides is 1. The SMILES string of the molecule is CNCC(=O)N(C)OC.CNCC(C)=O.CNCC(C)=O.CNCC(C)N.CNOC.[CH3-].[Cl-].[Mg+2]. The standard InChI is InChI=1S/C5H12N2O2.C4H12N2.2C4H9NO.C2H7NO.CH3.ClH.Mg/c1-6-4-5(8)7(2)9-3;1-4(5)3-6-2;2*1-4(6)3-5-2;1-3-4-2;;;/h6H,4H2,1-3H3;4,6H,3,5H2,1-2H3;2*5H,3H2,1-2H3;3H,1-2H3;1H3;1H;/q;;;;;-1;;+2/p-1. The number of nitrogens with zero attached hydrogens (tertiary/aromatic N) is 1. The minimum Gasteiger partial charge on any atom is -1.00 e. The van der Waals surface area contributed by atoms with Crippen molar-refractivity contribution >= 4 is 40.5 Å². The second-order valence-electron chi connectivity index (χ2n) is 6.01. The Bertz CT molecular complexity index is 382. The summed E-state index contributed by atoms with van der Waals surface area (Å²) < 4.78 is 0. The molecule has 0 aromatic carbocycles. The van der Waals surface area contributed by atoms with Crippen molar-refractivity contribution in [2.24, 2.45) is 5.73 Å². The molecule has 7 N–H and O–H groups in total. The van der Waals surface area contributed by atoms with E-state index in [1.807, 2.05) is 14.0 Å². The molecule has 0 aromatic rings. The van der Waals surface area contributed by atoms with Gasteiger partial charge in [0.1, 0.15) is 11.6 Å². The molecule has 206 valence electrons. The molecule has 1 unspecified atom stereocenters. The van der Waals surface area contributed by atoms with E-state index >= 15 is 0 Å². The molecule has 12 nitrogen and oxygen atoms in total. The second-order valence-corrected chi connectivity index (χ2v) is 6.01. The van der Waals surface area contributed by atoms with Crippen LogP contribution in [0.1, 0.15) is 20.8 Å². The molecule has 0 aliphatic carbocycles. The van der Waals surface area contributed by atoms with E-state index in [0.29, 0.717) is 19.6 Å². The number of Topliss-reactive ketones (excluding diaryl/α,β-unsaturated/α-hetero) is 2. The predicted molar refractivity (Wildman–Crippen MR) is 139 cm³/mol. The van der Waals surface area contributed by atoms with Crippen molar-refractivity contribution in [2.45, 2.75) is 26.8 Å². The molecule has 0 aliphatic heterocycles. The summed E-state index contributed by atoms with van der Waals surface area (Å²) in [6.45, 7) is 7.26. The average Bonchev–Trinajstić information content (AvgIpc) is 2.68. The second kappa shape index (κ2) is 49.6. The molecule has 0 aromatic heterocycles. The number of rotatable bonds is 10. The molecule has 0 heterocycles. The molecule has 14 heteroatoms. The Balaban J connectivity index is -0.0000000414. The Kier molecular flexibility index (Phi) is 79.5. The molecule has 0 aliphatic rings. The maximum atomic E-state index is 10.7. The van der Waals surface area contributed by atoms with Crippen molar-refractivity contribution in [1.82, 2.24) is 31.8 Å². The van der Waals surface area contributed by atoms with E-state index < -0.39 is 0 Å². The van der Waals surface area contributed by atoms with Crippen molar-refractivity contribution in [3.05, 3.63) is 7.43 Å². The van der Waals surface area contributed by atoms with Crippen molar-refractivity contribution in [1.29, 1.82) is 0 Å². The van der Waals surface area contributed by atoms with E-state index in [0.717, 1.165) is 6.54 Å². The predicted octanol–water partition coefficient (Wildman–Crippen LogP) is -4.79. The molecule has 1 atom stereocenters. The Morgan fingerprint density at radius 3 is 1.26 bits per heavy atom. The van der Waals surface area contributed by atoms with Crippen LogP contribution in [0, 0.1) is 7.43 Å². The van der Waals surface area contributed by atoms with Crippen LogP contribution in [0.5, 0.6) is 0 Å². The third-order valence-electron chi connectivity index (χ3n) is 2.53. The van der Waals surface area contributed by atoms with Gasteiger partial charge in [0.25, 0.3) is 5.91 Å². The molecule has 0 saturated carbocycles. The zero-order valence-corrected chi connectivity index (χ0v) is 25.7. The number of carbonyl (C=O) groups is 3. The van der Waals surface area contributed by atoms with Crippen molar-refractivity contribution < 1.29 is 36.5 Å². The summed E-state index contributed by atoms with van der Waals surface area (Å²) in [5, 5.41) is 12.3. The number of hydrogen-bond donors (Lipinski definition) is 6. The summed E-state index contributed by atoms with van der Waals surface area (Å²) in [4.78, 5) is 39.6. The number of halogens is 1. The normalized spacial score (nSPS) is 8.82. The molecular weight excluding hydrogens is 478 g/mol. The zero-order valence-electron chi connectivity index (χ0n) is 23.6. The smallest absolute Gasteiger partial charge is 1.00 e. The van der Waals surface area contributed by atoms with Crippen molar-refractivity contribution in [3.8, 4) is 0 Å². The van der Waals surface area contributed by atoms with E-state index in [9.17, 15) is 14.4 Å². The number of hydrogen-bond acceptors (Lipinski definition) is 11. The van der Waals surface area contributed by atoms with Gasteiger partial charge in [-0.25, -0.2) is 10.5 Å². The number of nitrogens with two attached hydrogens (primary N) is 1. The maximum absolute atomic E-state index is 10.7. The van der Waals surface area contributed by atoms with Gasteiger partial charge in [-0.05, 0) is 49.0 Å². The van der Waals surface area contributed by atoms with Crippen LogP contribution in [0.25, 0.3) is 0 Å². The van der Waals surface area contributed by atoms with Gasteiger partial charge in [0, 0.05) is 26.7 Å². The fourth-order valence-corrected chi connectivity index (χ4v) is 1.18. The van der Waals surface area contributed by atoms with Gasteiger partial charge in [-0.15, -0.1) is 0 Å².